The van der Waals surface area contributed by atoms with Crippen molar-refractivity contribution in [3.05, 3.63) is 63.7 Å². The number of amides is 1. The molecule has 2 rings (SSSR count). The van der Waals surface area contributed by atoms with Gasteiger partial charge in [0.05, 0.1) is 22.8 Å². The summed E-state index contributed by atoms with van der Waals surface area (Å²) in [6.07, 6.45) is 1.96. The molecule has 0 aliphatic carbocycles. The zero-order valence-corrected chi connectivity index (χ0v) is 16.0. The van der Waals surface area contributed by atoms with Crippen molar-refractivity contribution in [3.63, 3.8) is 0 Å². The highest BCUT2D eigenvalue weighted by atomic mass is 32.1. The highest BCUT2D eigenvalue weighted by Gasteiger charge is 2.15. The molecule has 7 nitrogen and oxygen atoms in total. The van der Waals surface area contributed by atoms with Crippen LogP contribution in [0.1, 0.15) is 35.7 Å². The van der Waals surface area contributed by atoms with Crippen molar-refractivity contribution in [3.8, 4) is 5.75 Å². The first kappa shape index (κ1) is 20.3. The lowest BCUT2D eigenvalue weighted by Crippen LogP contribution is -2.34. The van der Waals surface area contributed by atoms with Crippen LogP contribution in [-0.2, 0) is 0 Å². The quantitative estimate of drug-likeness (QED) is 0.320. The zero-order valence-electron chi connectivity index (χ0n) is 15.2. The van der Waals surface area contributed by atoms with Crippen LogP contribution in [0.2, 0.25) is 0 Å². The number of hydrogen-bond donors (Lipinski definition) is 2. The Bertz CT molecular complexity index is 855. The molecule has 0 aromatic heterocycles. The second kappa shape index (κ2) is 9.63. The molecule has 0 spiro atoms. The van der Waals surface area contributed by atoms with Gasteiger partial charge in [-0.3, -0.25) is 20.2 Å². The number of thiocarbonyl (C=S) groups is 1. The van der Waals surface area contributed by atoms with Gasteiger partial charge in [-0.1, -0.05) is 25.5 Å². The molecule has 2 aromatic carbocycles. The van der Waals surface area contributed by atoms with E-state index in [2.05, 4.69) is 17.6 Å². The highest BCUT2D eigenvalue weighted by molar-refractivity contribution is 7.80. The lowest BCUT2D eigenvalue weighted by Gasteiger charge is -2.12. The number of anilines is 1. The predicted octanol–water partition coefficient (Wildman–Crippen LogP) is 4.21. The Morgan fingerprint density at radius 3 is 2.70 bits per heavy atom. The standard InChI is InChI=1S/C19H21N3O4S/c1-3-4-11-26-15-8-5-7-14(12-15)18(23)21-19(27)20-16-9-6-10-17(13(16)2)22(24)25/h5-10,12H,3-4,11H2,1-2H3,(H2,20,21,23,27). The largest absolute Gasteiger partial charge is 0.494 e. The molecule has 0 aliphatic heterocycles. The van der Waals surface area contributed by atoms with Crippen LogP contribution >= 0.6 is 12.2 Å². The number of carbonyl (C=O) groups excluding carboxylic acids is 1. The summed E-state index contributed by atoms with van der Waals surface area (Å²) in [5, 5.41) is 16.5. The van der Waals surface area contributed by atoms with Gasteiger partial charge in [-0.05, 0) is 49.8 Å². The molecule has 0 aliphatic rings. The van der Waals surface area contributed by atoms with Crippen LogP contribution < -0.4 is 15.4 Å². The summed E-state index contributed by atoms with van der Waals surface area (Å²) in [5.74, 6) is 0.223. The van der Waals surface area contributed by atoms with Crippen molar-refractivity contribution < 1.29 is 14.5 Å². The molecule has 2 aromatic rings. The molecule has 0 saturated carbocycles. The SMILES string of the molecule is CCCCOc1cccc(C(=O)NC(=S)Nc2cccc([N+](=O)[O-])c2C)c1. The van der Waals surface area contributed by atoms with E-state index in [9.17, 15) is 14.9 Å². The Labute approximate surface area is 162 Å². The molecule has 142 valence electrons. The Hall–Kier alpha value is -3.00. The maximum absolute atomic E-state index is 12.4. The highest BCUT2D eigenvalue weighted by Crippen LogP contribution is 2.25. The van der Waals surface area contributed by atoms with E-state index in [-0.39, 0.29) is 10.8 Å². The van der Waals surface area contributed by atoms with E-state index in [1.807, 2.05) is 0 Å². The fraction of sp³-hybridized carbons (Fsp3) is 0.263. The van der Waals surface area contributed by atoms with E-state index in [1.54, 1.807) is 43.3 Å². The van der Waals surface area contributed by atoms with Crippen LogP contribution in [0.5, 0.6) is 5.75 Å². The van der Waals surface area contributed by atoms with Crippen LogP contribution in [0.25, 0.3) is 0 Å². The van der Waals surface area contributed by atoms with E-state index in [1.165, 1.54) is 6.07 Å². The number of nitrogens with zero attached hydrogens (tertiary/aromatic N) is 1. The first-order valence-corrected chi connectivity index (χ1v) is 8.92. The molecule has 0 unspecified atom stereocenters. The van der Waals surface area contributed by atoms with Gasteiger partial charge in [0.25, 0.3) is 11.6 Å². The van der Waals surface area contributed by atoms with Gasteiger partial charge in [0.2, 0.25) is 0 Å². The molecule has 0 radical (unpaired) electrons. The summed E-state index contributed by atoms with van der Waals surface area (Å²) in [5.41, 5.74) is 1.28. The third-order valence-electron chi connectivity index (χ3n) is 3.84. The van der Waals surface area contributed by atoms with Gasteiger partial charge < -0.3 is 10.1 Å². The second-order valence-electron chi connectivity index (χ2n) is 5.84. The van der Waals surface area contributed by atoms with Crippen molar-refractivity contribution >= 4 is 34.6 Å². The minimum Gasteiger partial charge on any atom is -0.494 e. The third-order valence-corrected chi connectivity index (χ3v) is 4.04. The van der Waals surface area contributed by atoms with Gasteiger partial charge in [0.15, 0.2) is 5.11 Å². The van der Waals surface area contributed by atoms with Crippen molar-refractivity contribution in [1.29, 1.82) is 0 Å². The van der Waals surface area contributed by atoms with Gasteiger partial charge in [0.1, 0.15) is 5.75 Å². The number of benzene rings is 2. The smallest absolute Gasteiger partial charge is 0.274 e. The minimum atomic E-state index is -0.466. The van der Waals surface area contributed by atoms with Gasteiger partial charge in [0, 0.05) is 11.6 Å². The van der Waals surface area contributed by atoms with E-state index in [0.717, 1.165) is 12.8 Å². The normalized spacial score (nSPS) is 10.1. The molecule has 2 N–H and O–H groups in total. The van der Waals surface area contributed by atoms with Gasteiger partial charge in [-0.2, -0.15) is 0 Å². The van der Waals surface area contributed by atoms with Gasteiger partial charge in [-0.25, -0.2) is 0 Å². The summed E-state index contributed by atoms with van der Waals surface area (Å²) in [6, 6.07) is 11.4. The predicted molar refractivity (Wildman–Crippen MR) is 108 cm³/mol. The molecule has 0 fully saturated rings. The van der Waals surface area contributed by atoms with Crippen LogP contribution in [-0.4, -0.2) is 22.5 Å². The van der Waals surface area contributed by atoms with Crippen LogP contribution in [0.4, 0.5) is 11.4 Å². The lowest BCUT2D eigenvalue weighted by atomic mass is 10.1. The molecule has 1 amide bonds. The number of ether oxygens (including phenoxy) is 1. The molecule has 8 heteroatoms. The van der Waals surface area contributed by atoms with Crippen molar-refractivity contribution in [2.75, 3.05) is 11.9 Å². The maximum atomic E-state index is 12.4. The lowest BCUT2D eigenvalue weighted by molar-refractivity contribution is -0.385. The van der Waals surface area contributed by atoms with E-state index in [0.29, 0.717) is 29.2 Å². The molecule has 0 bridgehead atoms. The second-order valence-corrected chi connectivity index (χ2v) is 6.25. The molecule has 0 atom stereocenters. The number of carbonyl (C=O) groups is 1. The van der Waals surface area contributed by atoms with Crippen molar-refractivity contribution in [2.45, 2.75) is 26.7 Å². The van der Waals surface area contributed by atoms with Crippen molar-refractivity contribution in [2.24, 2.45) is 0 Å². The van der Waals surface area contributed by atoms with E-state index in [4.69, 9.17) is 17.0 Å². The average Bonchev–Trinajstić information content (AvgIpc) is 2.63. The monoisotopic (exact) mass is 387 g/mol. The number of nitro benzene ring substituents is 1. The summed E-state index contributed by atoms with van der Waals surface area (Å²) < 4.78 is 5.60. The molecule has 27 heavy (non-hydrogen) atoms. The molecule has 0 saturated heterocycles. The van der Waals surface area contributed by atoms with Crippen molar-refractivity contribution in [1.82, 2.24) is 5.32 Å². The molecule has 0 heterocycles. The Morgan fingerprint density at radius 2 is 2.00 bits per heavy atom. The number of nitro groups is 1. The van der Waals surface area contributed by atoms with Crippen LogP contribution in [0, 0.1) is 17.0 Å². The number of rotatable bonds is 7. The minimum absolute atomic E-state index is 0.0222. The topological polar surface area (TPSA) is 93.5 Å². The van der Waals surface area contributed by atoms with Gasteiger partial charge in [-0.15, -0.1) is 0 Å². The maximum Gasteiger partial charge on any atom is 0.274 e. The number of nitrogens with one attached hydrogen (secondary N) is 2. The summed E-state index contributed by atoms with van der Waals surface area (Å²) in [4.78, 5) is 22.9. The Balaban J connectivity index is 2.02. The number of hydrogen-bond acceptors (Lipinski definition) is 5. The van der Waals surface area contributed by atoms with Crippen LogP contribution in [0.15, 0.2) is 42.5 Å². The Kier molecular flexibility index (Phi) is 7.25. The first-order valence-electron chi connectivity index (χ1n) is 8.51. The summed E-state index contributed by atoms with van der Waals surface area (Å²) >= 11 is 5.16. The number of unbranched alkanes of at least 4 members (excludes halogenated alkanes) is 1. The zero-order chi connectivity index (χ0) is 19.8. The first-order chi connectivity index (χ1) is 12.9. The summed E-state index contributed by atoms with van der Waals surface area (Å²) in [7, 11) is 0. The van der Waals surface area contributed by atoms with E-state index >= 15 is 0 Å². The van der Waals surface area contributed by atoms with Crippen LogP contribution in [0.3, 0.4) is 0 Å². The van der Waals surface area contributed by atoms with Gasteiger partial charge >= 0.3 is 0 Å². The summed E-state index contributed by atoms with van der Waals surface area (Å²) in [6.45, 7) is 4.28. The molecular formula is C19H21N3O4S. The third kappa shape index (κ3) is 5.75. The molecular weight excluding hydrogens is 366 g/mol. The van der Waals surface area contributed by atoms with E-state index < -0.39 is 10.8 Å². The fourth-order valence-electron chi connectivity index (χ4n) is 2.35. The average molecular weight is 387 g/mol. The fourth-order valence-corrected chi connectivity index (χ4v) is 2.55. The Morgan fingerprint density at radius 1 is 1.26 bits per heavy atom.